The van der Waals surface area contributed by atoms with Crippen LogP contribution in [-0.4, -0.2) is 0 Å². The first-order valence-electron chi connectivity index (χ1n) is 5.25. The highest BCUT2D eigenvalue weighted by molar-refractivity contribution is 7.07. The number of nitrogens with one attached hydrogen (secondary N) is 1. The molecule has 0 aliphatic heterocycles. The molecule has 1 aromatic heterocycles. The predicted octanol–water partition coefficient (Wildman–Crippen LogP) is 4.25. The highest BCUT2D eigenvalue weighted by Crippen LogP contribution is 2.18. The van der Waals surface area contributed by atoms with E-state index in [0.29, 0.717) is 6.04 Å². The zero-order valence-electron chi connectivity index (χ0n) is 9.11. The van der Waals surface area contributed by atoms with Gasteiger partial charge in [-0.25, -0.2) is 0 Å². The van der Waals surface area contributed by atoms with Crippen LogP contribution in [-0.2, 0) is 6.54 Å². The van der Waals surface area contributed by atoms with Gasteiger partial charge >= 0.3 is 0 Å². The van der Waals surface area contributed by atoms with Gasteiger partial charge in [0.2, 0.25) is 0 Å². The number of halogens is 1. The van der Waals surface area contributed by atoms with Crippen molar-refractivity contribution in [2.45, 2.75) is 19.5 Å². The largest absolute Gasteiger partial charge is 0.306 e. The van der Waals surface area contributed by atoms with Crippen LogP contribution in [0.1, 0.15) is 24.1 Å². The lowest BCUT2D eigenvalue weighted by atomic mass is 10.1. The molecule has 0 saturated carbocycles. The smallest absolute Gasteiger partial charge is 0.0409 e. The summed E-state index contributed by atoms with van der Waals surface area (Å²) in [6.45, 7) is 3.05. The van der Waals surface area contributed by atoms with Crippen molar-refractivity contribution < 1.29 is 0 Å². The second-order valence-corrected chi connectivity index (χ2v) is 5.01. The molecule has 0 bridgehead atoms. The standard InChI is InChI=1S/C13H14ClNS/c1-10(12-3-2-4-13(14)7-12)15-8-11-5-6-16-9-11/h2-7,9-10,15H,8H2,1H3/t10-/m0/s1. The van der Waals surface area contributed by atoms with E-state index in [4.69, 9.17) is 11.6 Å². The highest BCUT2D eigenvalue weighted by atomic mass is 35.5. The Labute approximate surface area is 105 Å². The van der Waals surface area contributed by atoms with Gasteiger partial charge in [0.15, 0.2) is 0 Å². The summed E-state index contributed by atoms with van der Waals surface area (Å²) in [5.74, 6) is 0. The Kier molecular flexibility index (Phi) is 3.99. The van der Waals surface area contributed by atoms with Crippen LogP contribution in [0.15, 0.2) is 41.1 Å². The number of benzene rings is 1. The summed E-state index contributed by atoms with van der Waals surface area (Å²) >= 11 is 7.69. The van der Waals surface area contributed by atoms with Gasteiger partial charge < -0.3 is 5.32 Å². The van der Waals surface area contributed by atoms with Gasteiger partial charge in [-0.05, 0) is 47.0 Å². The summed E-state index contributed by atoms with van der Waals surface area (Å²) in [5, 5.41) is 8.53. The average Bonchev–Trinajstić information content (AvgIpc) is 2.78. The van der Waals surface area contributed by atoms with Crippen LogP contribution in [0.5, 0.6) is 0 Å². The van der Waals surface area contributed by atoms with Gasteiger partial charge in [-0.1, -0.05) is 23.7 Å². The molecule has 0 amide bonds. The molecule has 84 valence electrons. The summed E-state index contributed by atoms with van der Waals surface area (Å²) in [5.41, 5.74) is 2.56. The Morgan fingerprint density at radius 3 is 2.94 bits per heavy atom. The fourth-order valence-electron chi connectivity index (χ4n) is 1.56. The molecule has 0 saturated heterocycles. The zero-order valence-corrected chi connectivity index (χ0v) is 10.7. The van der Waals surface area contributed by atoms with Crippen molar-refractivity contribution in [2.75, 3.05) is 0 Å². The Morgan fingerprint density at radius 2 is 2.25 bits per heavy atom. The number of hydrogen-bond acceptors (Lipinski definition) is 2. The van der Waals surface area contributed by atoms with Crippen molar-refractivity contribution >= 4 is 22.9 Å². The molecular formula is C13H14ClNS. The van der Waals surface area contributed by atoms with Crippen LogP contribution in [0.2, 0.25) is 5.02 Å². The monoisotopic (exact) mass is 251 g/mol. The molecule has 1 heterocycles. The van der Waals surface area contributed by atoms with Crippen molar-refractivity contribution in [3.8, 4) is 0 Å². The third kappa shape index (κ3) is 3.08. The molecule has 1 aromatic carbocycles. The molecule has 0 radical (unpaired) electrons. The lowest BCUT2D eigenvalue weighted by Crippen LogP contribution is -2.17. The fourth-order valence-corrected chi connectivity index (χ4v) is 2.43. The van der Waals surface area contributed by atoms with E-state index in [0.717, 1.165) is 11.6 Å². The first kappa shape index (κ1) is 11.6. The third-order valence-electron chi connectivity index (χ3n) is 2.54. The molecule has 0 fully saturated rings. The first-order valence-corrected chi connectivity index (χ1v) is 6.58. The summed E-state index contributed by atoms with van der Waals surface area (Å²) in [6.07, 6.45) is 0. The van der Waals surface area contributed by atoms with Crippen molar-refractivity contribution in [3.63, 3.8) is 0 Å². The normalized spacial score (nSPS) is 12.6. The number of hydrogen-bond donors (Lipinski definition) is 1. The summed E-state index contributed by atoms with van der Waals surface area (Å²) in [7, 11) is 0. The van der Waals surface area contributed by atoms with Crippen molar-refractivity contribution in [1.29, 1.82) is 0 Å². The molecule has 2 aromatic rings. The Bertz CT molecular complexity index is 439. The molecule has 0 aliphatic rings. The van der Waals surface area contributed by atoms with Gasteiger partial charge in [0.25, 0.3) is 0 Å². The van der Waals surface area contributed by atoms with E-state index in [1.165, 1.54) is 11.1 Å². The maximum Gasteiger partial charge on any atom is 0.0409 e. The van der Waals surface area contributed by atoms with Gasteiger partial charge in [-0.15, -0.1) is 0 Å². The predicted molar refractivity (Wildman–Crippen MR) is 71.0 cm³/mol. The van der Waals surface area contributed by atoms with Crippen LogP contribution in [0.3, 0.4) is 0 Å². The summed E-state index contributed by atoms with van der Waals surface area (Å²) in [4.78, 5) is 0. The number of thiophene rings is 1. The SMILES string of the molecule is C[C@H](NCc1ccsc1)c1cccc(Cl)c1. The molecule has 1 nitrogen and oxygen atoms in total. The minimum Gasteiger partial charge on any atom is -0.306 e. The van der Waals surface area contributed by atoms with E-state index in [2.05, 4.69) is 35.1 Å². The molecule has 1 N–H and O–H groups in total. The minimum absolute atomic E-state index is 0.318. The van der Waals surface area contributed by atoms with Crippen LogP contribution in [0, 0.1) is 0 Å². The van der Waals surface area contributed by atoms with Crippen LogP contribution < -0.4 is 5.32 Å². The molecule has 0 spiro atoms. The first-order chi connectivity index (χ1) is 7.75. The second kappa shape index (κ2) is 5.48. The third-order valence-corrected chi connectivity index (χ3v) is 3.51. The molecule has 0 unspecified atom stereocenters. The van der Waals surface area contributed by atoms with Crippen LogP contribution >= 0.6 is 22.9 Å². The van der Waals surface area contributed by atoms with E-state index in [1.54, 1.807) is 11.3 Å². The van der Waals surface area contributed by atoms with E-state index in [9.17, 15) is 0 Å². The molecular weight excluding hydrogens is 238 g/mol. The Balaban J connectivity index is 1.95. The lowest BCUT2D eigenvalue weighted by Gasteiger charge is -2.13. The Morgan fingerprint density at radius 1 is 1.38 bits per heavy atom. The molecule has 16 heavy (non-hydrogen) atoms. The maximum absolute atomic E-state index is 5.96. The van der Waals surface area contributed by atoms with Gasteiger partial charge in [0.1, 0.15) is 0 Å². The van der Waals surface area contributed by atoms with Crippen molar-refractivity contribution in [2.24, 2.45) is 0 Å². The van der Waals surface area contributed by atoms with Gasteiger partial charge in [0.05, 0.1) is 0 Å². The second-order valence-electron chi connectivity index (χ2n) is 3.79. The van der Waals surface area contributed by atoms with Crippen LogP contribution in [0.25, 0.3) is 0 Å². The summed E-state index contributed by atoms with van der Waals surface area (Å²) in [6, 6.07) is 10.4. The molecule has 3 heteroatoms. The van der Waals surface area contributed by atoms with E-state index in [-0.39, 0.29) is 0 Å². The fraction of sp³-hybridized carbons (Fsp3) is 0.231. The topological polar surface area (TPSA) is 12.0 Å². The van der Waals surface area contributed by atoms with Crippen molar-refractivity contribution in [1.82, 2.24) is 5.32 Å². The quantitative estimate of drug-likeness (QED) is 0.857. The lowest BCUT2D eigenvalue weighted by molar-refractivity contribution is 0.575. The highest BCUT2D eigenvalue weighted by Gasteiger charge is 2.05. The maximum atomic E-state index is 5.96. The van der Waals surface area contributed by atoms with Gasteiger partial charge in [-0.2, -0.15) is 11.3 Å². The zero-order chi connectivity index (χ0) is 11.4. The van der Waals surface area contributed by atoms with Crippen molar-refractivity contribution in [3.05, 3.63) is 57.2 Å². The Hall–Kier alpha value is -0.830. The average molecular weight is 252 g/mol. The van der Waals surface area contributed by atoms with E-state index >= 15 is 0 Å². The molecule has 2 rings (SSSR count). The van der Waals surface area contributed by atoms with Crippen LogP contribution in [0.4, 0.5) is 0 Å². The van der Waals surface area contributed by atoms with Gasteiger partial charge in [0, 0.05) is 17.6 Å². The molecule has 0 aliphatic carbocycles. The van der Waals surface area contributed by atoms with E-state index in [1.807, 2.05) is 18.2 Å². The molecule has 1 atom stereocenters. The summed E-state index contributed by atoms with van der Waals surface area (Å²) < 4.78 is 0. The minimum atomic E-state index is 0.318. The van der Waals surface area contributed by atoms with E-state index < -0.39 is 0 Å². The van der Waals surface area contributed by atoms with Gasteiger partial charge in [-0.3, -0.25) is 0 Å². The number of rotatable bonds is 4.